The Labute approximate surface area is 117 Å². The molecule has 0 radical (unpaired) electrons. The maximum Gasteiger partial charge on any atom is 0.120 e. The molecule has 0 aliphatic carbocycles. The number of nitrogens with zero attached hydrogens (tertiary/aromatic N) is 2. The topological polar surface area (TPSA) is 40.8 Å². The molecule has 0 aliphatic rings. The first kappa shape index (κ1) is 15.8. The molecule has 1 N–H and O–H groups in total. The zero-order chi connectivity index (χ0) is 14.3. The van der Waals surface area contributed by atoms with Crippen molar-refractivity contribution >= 4 is 0 Å². The summed E-state index contributed by atoms with van der Waals surface area (Å²) in [5.74, 6) is 0.777. The number of aromatic nitrogens is 1. The molecule has 1 atom stereocenters. The molecule has 0 amide bonds. The Morgan fingerprint density at radius 3 is 2.68 bits per heavy atom. The second-order valence-corrected chi connectivity index (χ2v) is 5.36. The van der Waals surface area contributed by atoms with Gasteiger partial charge in [0.2, 0.25) is 0 Å². The van der Waals surface area contributed by atoms with Gasteiger partial charge in [0.25, 0.3) is 0 Å². The van der Waals surface area contributed by atoms with Gasteiger partial charge >= 0.3 is 0 Å². The van der Waals surface area contributed by atoms with Crippen LogP contribution in [0.5, 0.6) is 0 Å². The molecule has 106 valence electrons. The summed E-state index contributed by atoms with van der Waals surface area (Å²) in [4.78, 5) is 0. The van der Waals surface area contributed by atoms with Crippen LogP contribution in [0.3, 0.4) is 0 Å². The molecule has 19 heavy (non-hydrogen) atoms. The van der Waals surface area contributed by atoms with E-state index in [0.717, 1.165) is 24.7 Å². The summed E-state index contributed by atoms with van der Waals surface area (Å²) in [5.41, 5.74) is 3.17. The van der Waals surface area contributed by atoms with Crippen LogP contribution in [0.1, 0.15) is 56.5 Å². The van der Waals surface area contributed by atoms with Crippen molar-refractivity contribution < 1.29 is 0 Å². The maximum absolute atomic E-state index is 9.01. The predicted molar refractivity (Wildman–Crippen MR) is 79.9 cm³/mol. The van der Waals surface area contributed by atoms with Crippen molar-refractivity contribution in [1.82, 2.24) is 9.88 Å². The molecule has 3 nitrogen and oxygen atoms in total. The fourth-order valence-electron chi connectivity index (χ4n) is 2.40. The van der Waals surface area contributed by atoms with Gasteiger partial charge in [0, 0.05) is 19.3 Å². The minimum absolute atomic E-state index is 0.743. The third-order valence-corrected chi connectivity index (χ3v) is 4.05. The highest BCUT2D eigenvalue weighted by Gasteiger charge is 2.09. The van der Waals surface area contributed by atoms with Gasteiger partial charge in [0.05, 0.1) is 0 Å². The smallest absolute Gasteiger partial charge is 0.120 e. The fraction of sp³-hybridized carbons (Fsp3) is 0.688. The molecule has 1 unspecified atom stereocenters. The van der Waals surface area contributed by atoms with Crippen molar-refractivity contribution in [2.45, 2.75) is 53.0 Å². The Morgan fingerprint density at radius 1 is 1.42 bits per heavy atom. The third kappa shape index (κ3) is 4.40. The largest absolute Gasteiger partial charge is 0.340 e. The third-order valence-electron chi connectivity index (χ3n) is 4.05. The van der Waals surface area contributed by atoms with E-state index in [2.05, 4.69) is 32.2 Å². The SMILES string of the molecule is CCCCC(CC)CNCc1cc(C#N)n(C)c1C. The van der Waals surface area contributed by atoms with E-state index in [1.54, 1.807) is 0 Å². The lowest BCUT2D eigenvalue weighted by Gasteiger charge is -2.15. The highest BCUT2D eigenvalue weighted by atomic mass is 15.0. The lowest BCUT2D eigenvalue weighted by molar-refractivity contribution is 0.419. The van der Waals surface area contributed by atoms with Crippen LogP contribution in [0, 0.1) is 24.2 Å². The average Bonchev–Trinajstić information content (AvgIpc) is 2.70. The Hall–Kier alpha value is -1.27. The van der Waals surface area contributed by atoms with Gasteiger partial charge in [0.15, 0.2) is 0 Å². The molecular weight excluding hydrogens is 234 g/mol. The average molecular weight is 261 g/mol. The van der Waals surface area contributed by atoms with Gasteiger partial charge in [-0.25, -0.2) is 0 Å². The molecule has 0 bridgehead atoms. The summed E-state index contributed by atoms with van der Waals surface area (Å²) in [6, 6.07) is 4.23. The number of hydrogen-bond donors (Lipinski definition) is 1. The number of unbranched alkanes of at least 4 members (excludes halogenated alkanes) is 1. The zero-order valence-corrected chi connectivity index (χ0v) is 12.8. The normalized spacial score (nSPS) is 12.4. The number of nitrogens with one attached hydrogen (secondary N) is 1. The van der Waals surface area contributed by atoms with E-state index in [1.807, 2.05) is 17.7 Å². The summed E-state index contributed by atoms with van der Waals surface area (Å²) in [7, 11) is 1.95. The first-order valence-electron chi connectivity index (χ1n) is 7.40. The van der Waals surface area contributed by atoms with Crippen molar-refractivity contribution in [1.29, 1.82) is 5.26 Å². The lowest BCUT2D eigenvalue weighted by atomic mass is 9.99. The molecule has 1 aromatic heterocycles. The summed E-state index contributed by atoms with van der Waals surface area (Å²) in [6.45, 7) is 8.53. The first-order valence-corrected chi connectivity index (χ1v) is 7.40. The minimum Gasteiger partial charge on any atom is -0.340 e. The van der Waals surface area contributed by atoms with Gasteiger partial charge < -0.3 is 9.88 Å². The lowest BCUT2D eigenvalue weighted by Crippen LogP contribution is -2.22. The number of rotatable bonds is 8. The highest BCUT2D eigenvalue weighted by molar-refractivity contribution is 5.33. The van der Waals surface area contributed by atoms with Crippen LogP contribution in [0.4, 0.5) is 0 Å². The van der Waals surface area contributed by atoms with Crippen molar-refractivity contribution in [3.05, 3.63) is 23.0 Å². The highest BCUT2D eigenvalue weighted by Crippen LogP contribution is 2.14. The second-order valence-electron chi connectivity index (χ2n) is 5.36. The maximum atomic E-state index is 9.01. The van der Waals surface area contributed by atoms with Gasteiger partial charge in [-0.3, -0.25) is 0 Å². The molecule has 1 aromatic rings. The quantitative estimate of drug-likeness (QED) is 0.778. The van der Waals surface area contributed by atoms with Crippen LogP contribution in [-0.2, 0) is 13.6 Å². The molecule has 0 saturated heterocycles. The molecular formula is C16H27N3. The monoisotopic (exact) mass is 261 g/mol. The van der Waals surface area contributed by atoms with E-state index in [1.165, 1.54) is 36.9 Å². The van der Waals surface area contributed by atoms with Crippen LogP contribution in [0.2, 0.25) is 0 Å². The van der Waals surface area contributed by atoms with E-state index in [-0.39, 0.29) is 0 Å². The van der Waals surface area contributed by atoms with Gasteiger partial charge in [-0.2, -0.15) is 5.26 Å². The predicted octanol–water partition coefficient (Wildman–Crippen LogP) is 3.51. The van der Waals surface area contributed by atoms with Crippen LogP contribution in [0.25, 0.3) is 0 Å². The Bertz CT molecular complexity index is 426. The Morgan fingerprint density at radius 2 is 2.16 bits per heavy atom. The van der Waals surface area contributed by atoms with Crippen molar-refractivity contribution in [3.8, 4) is 6.07 Å². The second kappa shape index (κ2) is 8.01. The molecule has 0 aromatic carbocycles. The van der Waals surface area contributed by atoms with Crippen molar-refractivity contribution in [2.75, 3.05) is 6.54 Å². The van der Waals surface area contributed by atoms with Crippen molar-refractivity contribution in [3.63, 3.8) is 0 Å². The Balaban J connectivity index is 2.46. The van der Waals surface area contributed by atoms with E-state index in [9.17, 15) is 0 Å². The van der Waals surface area contributed by atoms with Crippen LogP contribution in [0.15, 0.2) is 6.07 Å². The molecule has 0 saturated carbocycles. The molecule has 1 rings (SSSR count). The van der Waals surface area contributed by atoms with Gasteiger partial charge in [-0.15, -0.1) is 0 Å². The molecule has 0 aliphatic heterocycles. The first-order chi connectivity index (χ1) is 9.13. The summed E-state index contributed by atoms with van der Waals surface area (Å²) >= 11 is 0. The van der Waals surface area contributed by atoms with Gasteiger partial charge in [0.1, 0.15) is 11.8 Å². The van der Waals surface area contributed by atoms with E-state index in [4.69, 9.17) is 5.26 Å². The minimum atomic E-state index is 0.743. The van der Waals surface area contributed by atoms with Crippen LogP contribution < -0.4 is 5.32 Å². The summed E-state index contributed by atoms with van der Waals surface area (Å²) in [6.07, 6.45) is 5.16. The molecule has 0 fully saturated rings. The van der Waals surface area contributed by atoms with Gasteiger partial charge in [-0.05, 0) is 37.4 Å². The van der Waals surface area contributed by atoms with Gasteiger partial charge in [-0.1, -0.05) is 33.1 Å². The summed E-state index contributed by atoms with van der Waals surface area (Å²) in [5, 5.41) is 12.6. The Kier molecular flexibility index (Phi) is 6.66. The molecule has 0 spiro atoms. The van der Waals surface area contributed by atoms with E-state index < -0.39 is 0 Å². The molecule has 3 heteroatoms. The summed E-state index contributed by atoms with van der Waals surface area (Å²) < 4.78 is 1.96. The zero-order valence-electron chi connectivity index (χ0n) is 12.8. The van der Waals surface area contributed by atoms with E-state index >= 15 is 0 Å². The van der Waals surface area contributed by atoms with Crippen LogP contribution >= 0.6 is 0 Å². The fourth-order valence-corrected chi connectivity index (χ4v) is 2.40. The van der Waals surface area contributed by atoms with Crippen LogP contribution in [-0.4, -0.2) is 11.1 Å². The molecule has 1 heterocycles. The van der Waals surface area contributed by atoms with E-state index in [0.29, 0.717) is 0 Å². The number of hydrogen-bond acceptors (Lipinski definition) is 2. The van der Waals surface area contributed by atoms with Crippen molar-refractivity contribution in [2.24, 2.45) is 13.0 Å². The number of nitriles is 1. The standard InChI is InChI=1S/C16H27N3/c1-5-7-8-14(6-2)11-18-12-15-9-16(10-17)19(4)13(15)3/h9,14,18H,5-8,11-12H2,1-4H3.